The van der Waals surface area contributed by atoms with Gasteiger partial charge in [-0.15, -0.1) is 0 Å². The first-order valence-corrected chi connectivity index (χ1v) is 14.8. The van der Waals surface area contributed by atoms with Gasteiger partial charge in [-0.3, -0.25) is 19.4 Å². The fraction of sp³-hybridized carbons (Fsp3) is 0.250. The summed E-state index contributed by atoms with van der Waals surface area (Å²) in [6, 6.07) is 24.8. The third kappa shape index (κ3) is 4.56. The zero-order chi connectivity index (χ0) is 28.8. The number of carbonyl (C=O) groups excluding carboxylic acids is 3. The molecule has 3 aromatic carbocycles. The number of imide groups is 1. The molecule has 1 saturated heterocycles. The van der Waals surface area contributed by atoms with Crippen LogP contribution >= 0.6 is 15.9 Å². The molecule has 0 unspecified atom stereocenters. The monoisotopic (exact) mass is 622 g/mol. The molecule has 4 atom stereocenters. The summed E-state index contributed by atoms with van der Waals surface area (Å²) in [6.07, 6.45) is 4.97. The highest BCUT2D eigenvalue weighted by Crippen LogP contribution is 2.44. The SMILES string of the molecule is O=C1[C@H]2N=NN(CC(=O)N3N=C4/C(=C/c5ccccc5)CCC[C@H]4[C@H]3c3ccccc3)[C@H]2C(=O)N1c1cccc(Br)c1. The van der Waals surface area contributed by atoms with Crippen molar-refractivity contribution in [2.45, 2.75) is 37.4 Å². The Bertz CT molecular complexity index is 1660. The summed E-state index contributed by atoms with van der Waals surface area (Å²) in [5.41, 5.74) is 4.62. The average molecular weight is 624 g/mol. The highest BCUT2D eigenvalue weighted by molar-refractivity contribution is 9.10. The Balaban J connectivity index is 1.18. The summed E-state index contributed by atoms with van der Waals surface area (Å²) in [4.78, 5) is 41.8. The molecule has 0 N–H and O–H groups in total. The molecule has 0 radical (unpaired) electrons. The van der Waals surface area contributed by atoms with Crippen LogP contribution in [0.25, 0.3) is 6.08 Å². The second-order valence-electron chi connectivity index (χ2n) is 10.8. The number of halogens is 1. The van der Waals surface area contributed by atoms with E-state index in [0.717, 1.165) is 51.0 Å². The van der Waals surface area contributed by atoms with Crippen LogP contribution in [0.15, 0.2) is 110 Å². The minimum atomic E-state index is -0.984. The number of amides is 3. The van der Waals surface area contributed by atoms with Crippen LogP contribution in [0.3, 0.4) is 0 Å². The number of allylic oxidation sites excluding steroid dienone is 1. The number of benzene rings is 3. The number of nitrogens with zero attached hydrogens (tertiary/aromatic N) is 6. The molecule has 0 aromatic heterocycles. The van der Waals surface area contributed by atoms with E-state index in [2.05, 4.69) is 44.5 Å². The van der Waals surface area contributed by atoms with E-state index in [4.69, 9.17) is 5.10 Å². The van der Waals surface area contributed by atoms with Gasteiger partial charge in [0.1, 0.15) is 6.54 Å². The van der Waals surface area contributed by atoms with Crippen molar-refractivity contribution in [1.82, 2.24) is 10.0 Å². The number of hydrogen-bond donors (Lipinski definition) is 0. The van der Waals surface area contributed by atoms with E-state index in [9.17, 15) is 14.4 Å². The fourth-order valence-electron chi connectivity index (χ4n) is 6.38. The lowest BCUT2D eigenvalue weighted by Crippen LogP contribution is -2.45. The largest absolute Gasteiger partial charge is 0.271 e. The van der Waals surface area contributed by atoms with Gasteiger partial charge >= 0.3 is 0 Å². The third-order valence-corrected chi connectivity index (χ3v) is 8.75. The smallest absolute Gasteiger partial charge is 0.264 e. The van der Waals surface area contributed by atoms with E-state index in [0.29, 0.717) is 5.69 Å². The lowest BCUT2D eigenvalue weighted by atomic mass is 9.77. The number of fused-ring (bicyclic) bond motifs is 2. The molecule has 7 rings (SSSR count). The van der Waals surface area contributed by atoms with Crippen LogP contribution < -0.4 is 4.90 Å². The Morgan fingerprint density at radius 3 is 2.45 bits per heavy atom. The summed E-state index contributed by atoms with van der Waals surface area (Å²) in [7, 11) is 0. The lowest BCUT2D eigenvalue weighted by molar-refractivity contribution is -0.136. The molecule has 9 nitrogen and oxygen atoms in total. The van der Waals surface area contributed by atoms with Crippen molar-refractivity contribution in [2.24, 2.45) is 21.4 Å². The minimum absolute atomic E-state index is 0.0507. The molecule has 1 aliphatic carbocycles. The Morgan fingerprint density at radius 1 is 0.929 bits per heavy atom. The number of hydrogen-bond acceptors (Lipinski definition) is 7. The Hall–Kier alpha value is -4.44. The van der Waals surface area contributed by atoms with Gasteiger partial charge in [-0.1, -0.05) is 87.9 Å². The number of carbonyl (C=O) groups is 3. The molecule has 210 valence electrons. The van der Waals surface area contributed by atoms with Crippen LogP contribution in [-0.2, 0) is 14.4 Å². The van der Waals surface area contributed by atoms with Crippen LogP contribution in [-0.4, -0.2) is 52.1 Å². The Labute approximate surface area is 251 Å². The third-order valence-electron chi connectivity index (χ3n) is 8.26. The molecule has 3 heterocycles. The molecule has 3 aromatic rings. The summed E-state index contributed by atoms with van der Waals surface area (Å²) in [6.45, 7) is -0.222. The van der Waals surface area contributed by atoms with Gasteiger partial charge in [0.05, 0.1) is 17.4 Å². The van der Waals surface area contributed by atoms with Gasteiger partial charge < -0.3 is 0 Å². The summed E-state index contributed by atoms with van der Waals surface area (Å²) < 4.78 is 0.744. The van der Waals surface area contributed by atoms with E-state index in [1.54, 1.807) is 23.2 Å². The molecule has 1 saturated carbocycles. The van der Waals surface area contributed by atoms with Gasteiger partial charge in [-0.25, -0.2) is 9.91 Å². The van der Waals surface area contributed by atoms with Gasteiger partial charge in [0.25, 0.3) is 17.7 Å². The van der Waals surface area contributed by atoms with Gasteiger partial charge in [-0.05, 0) is 60.2 Å². The maximum atomic E-state index is 14.0. The first-order chi connectivity index (χ1) is 20.5. The van der Waals surface area contributed by atoms with Crippen molar-refractivity contribution in [1.29, 1.82) is 0 Å². The van der Waals surface area contributed by atoms with E-state index in [1.165, 1.54) is 5.01 Å². The molecule has 2 fully saturated rings. The van der Waals surface area contributed by atoms with Gasteiger partial charge in [0.2, 0.25) is 0 Å². The molecule has 3 aliphatic heterocycles. The average Bonchev–Trinajstić information content (AvgIpc) is 3.67. The lowest BCUT2D eigenvalue weighted by Gasteiger charge is -2.30. The van der Waals surface area contributed by atoms with Crippen molar-refractivity contribution in [2.75, 3.05) is 11.4 Å². The molecular weight excluding hydrogens is 596 g/mol. The maximum absolute atomic E-state index is 14.0. The van der Waals surface area contributed by atoms with E-state index in [-0.39, 0.29) is 24.4 Å². The molecular formula is C32H27BrN6O3. The predicted octanol–water partition coefficient (Wildman–Crippen LogP) is 5.57. The van der Waals surface area contributed by atoms with Crippen molar-refractivity contribution in [3.8, 4) is 0 Å². The van der Waals surface area contributed by atoms with Crippen molar-refractivity contribution >= 4 is 51.1 Å². The molecule has 0 bridgehead atoms. The second kappa shape index (κ2) is 10.8. The van der Waals surface area contributed by atoms with E-state index >= 15 is 0 Å². The molecule has 3 amide bonds. The first-order valence-electron chi connectivity index (χ1n) is 14.0. The standard InChI is InChI=1S/C32H27BrN6O3/c33-23-14-8-15-24(18-23)38-31(41)28-30(32(38)42)37(36-34-28)19-26(40)39-29(21-11-5-2-6-12-21)25-16-7-13-22(27(25)35-39)17-20-9-3-1-4-10-20/h1-6,8-12,14-15,17-18,25,28-30H,7,13,16,19H2/b22-17+/t25-,28+,29-,30-/m1/s1. The highest BCUT2D eigenvalue weighted by atomic mass is 79.9. The minimum Gasteiger partial charge on any atom is -0.271 e. The number of anilines is 1. The van der Waals surface area contributed by atoms with Crippen molar-refractivity contribution in [3.63, 3.8) is 0 Å². The Kier molecular flexibility index (Phi) is 6.78. The van der Waals surface area contributed by atoms with Crippen LogP contribution in [0.1, 0.15) is 36.4 Å². The molecule has 10 heteroatoms. The first kappa shape index (κ1) is 26.5. The zero-order valence-corrected chi connectivity index (χ0v) is 24.2. The Morgan fingerprint density at radius 2 is 1.69 bits per heavy atom. The number of hydrazone groups is 1. The van der Waals surface area contributed by atoms with Gasteiger partial charge in [-0.2, -0.15) is 10.2 Å². The van der Waals surface area contributed by atoms with Crippen LogP contribution in [0.2, 0.25) is 0 Å². The van der Waals surface area contributed by atoms with Crippen molar-refractivity contribution < 1.29 is 14.4 Å². The van der Waals surface area contributed by atoms with Gasteiger partial charge in [0.15, 0.2) is 12.1 Å². The highest BCUT2D eigenvalue weighted by Gasteiger charge is 2.55. The second-order valence-corrected chi connectivity index (χ2v) is 11.8. The molecule has 42 heavy (non-hydrogen) atoms. The zero-order valence-electron chi connectivity index (χ0n) is 22.6. The van der Waals surface area contributed by atoms with Crippen LogP contribution in [0.4, 0.5) is 5.69 Å². The summed E-state index contributed by atoms with van der Waals surface area (Å²) >= 11 is 3.40. The van der Waals surface area contributed by atoms with E-state index in [1.807, 2.05) is 54.6 Å². The topological polar surface area (TPSA) is 98.0 Å². The van der Waals surface area contributed by atoms with Gasteiger partial charge in [0, 0.05) is 10.4 Å². The molecule has 4 aliphatic rings. The predicted molar refractivity (Wildman–Crippen MR) is 161 cm³/mol. The maximum Gasteiger partial charge on any atom is 0.264 e. The van der Waals surface area contributed by atoms with Crippen LogP contribution in [0.5, 0.6) is 0 Å². The van der Waals surface area contributed by atoms with E-state index < -0.39 is 23.9 Å². The summed E-state index contributed by atoms with van der Waals surface area (Å²) in [5.74, 6) is -1.15. The van der Waals surface area contributed by atoms with Crippen LogP contribution in [0, 0.1) is 5.92 Å². The fourth-order valence-corrected chi connectivity index (χ4v) is 6.76. The molecule has 0 spiro atoms. The van der Waals surface area contributed by atoms with Crippen molar-refractivity contribution in [3.05, 3.63) is 106 Å². The summed E-state index contributed by atoms with van der Waals surface area (Å²) in [5, 5.41) is 16.1. The normalized spacial score (nSPS) is 25.7. The quantitative estimate of drug-likeness (QED) is 0.348. The number of rotatable bonds is 5.